The van der Waals surface area contributed by atoms with E-state index in [0.29, 0.717) is 0 Å². The SMILES string of the molecule is CCCc1cnc(C)c(C)n1. The number of rotatable bonds is 2. The van der Waals surface area contributed by atoms with Crippen molar-refractivity contribution in [3.05, 3.63) is 23.3 Å². The van der Waals surface area contributed by atoms with E-state index in [1.165, 1.54) is 0 Å². The first-order valence-corrected chi connectivity index (χ1v) is 4.03. The van der Waals surface area contributed by atoms with Crippen molar-refractivity contribution in [3.63, 3.8) is 0 Å². The predicted octanol–water partition coefficient (Wildman–Crippen LogP) is 2.05. The van der Waals surface area contributed by atoms with Gasteiger partial charge in [-0.1, -0.05) is 13.3 Å². The molecule has 0 amide bonds. The molecule has 1 rings (SSSR count). The molecule has 2 nitrogen and oxygen atoms in total. The standard InChI is InChI=1S/C9H14N2/c1-4-5-9-6-10-7(2)8(3)11-9/h6H,4-5H2,1-3H3. The zero-order valence-electron chi connectivity index (χ0n) is 7.39. The second kappa shape index (κ2) is 3.46. The molecule has 0 saturated heterocycles. The van der Waals surface area contributed by atoms with Crippen molar-refractivity contribution in [1.82, 2.24) is 9.97 Å². The lowest BCUT2D eigenvalue weighted by Crippen LogP contribution is -1.96. The van der Waals surface area contributed by atoms with Crippen LogP contribution in [0.1, 0.15) is 30.4 Å². The molecule has 0 N–H and O–H groups in total. The van der Waals surface area contributed by atoms with E-state index >= 15 is 0 Å². The Morgan fingerprint density at radius 2 is 2.00 bits per heavy atom. The van der Waals surface area contributed by atoms with Gasteiger partial charge < -0.3 is 0 Å². The molecule has 0 bridgehead atoms. The van der Waals surface area contributed by atoms with Gasteiger partial charge in [-0.2, -0.15) is 0 Å². The van der Waals surface area contributed by atoms with Crippen molar-refractivity contribution in [3.8, 4) is 0 Å². The van der Waals surface area contributed by atoms with Crippen LogP contribution in [0, 0.1) is 13.8 Å². The molecule has 0 unspecified atom stereocenters. The third-order valence-electron chi connectivity index (χ3n) is 1.75. The third-order valence-corrected chi connectivity index (χ3v) is 1.75. The molecule has 2 heteroatoms. The van der Waals surface area contributed by atoms with E-state index in [1.807, 2.05) is 20.0 Å². The quantitative estimate of drug-likeness (QED) is 0.644. The van der Waals surface area contributed by atoms with Crippen molar-refractivity contribution < 1.29 is 0 Å². The molecule has 0 saturated carbocycles. The number of nitrogens with zero attached hydrogens (tertiary/aromatic N) is 2. The zero-order valence-corrected chi connectivity index (χ0v) is 7.39. The fraction of sp³-hybridized carbons (Fsp3) is 0.556. The van der Waals surface area contributed by atoms with E-state index in [2.05, 4.69) is 16.9 Å². The third kappa shape index (κ3) is 2.00. The van der Waals surface area contributed by atoms with Crippen LogP contribution in [0.5, 0.6) is 0 Å². The van der Waals surface area contributed by atoms with Gasteiger partial charge in [-0.3, -0.25) is 9.97 Å². The van der Waals surface area contributed by atoms with Gasteiger partial charge in [0.25, 0.3) is 0 Å². The summed E-state index contributed by atoms with van der Waals surface area (Å²) in [5, 5.41) is 0. The van der Waals surface area contributed by atoms with E-state index < -0.39 is 0 Å². The number of hydrogen-bond acceptors (Lipinski definition) is 2. The minimum Gasteiger partial charge on any atom is -0.258 e. The predicted molar refractivity (Wildman–Crippen MR) is 45.5 cm³/mol. The Balaban J connectivity index is 2.86. The Hall–Kier alpha value is -0.920. The molecule has 0 spiro atoms. The summed E-state index contributed by atoms with van der Waals surface area (Å²) < 4.78 is 0. The van der Waals surface area contributed by atoms with Crippen LogP contribution in [0.4, 0.5) is 0 Å². The molecule has 0 aliphatic carbocycles. The molecule has 0 aliphatic heterocycles. The topological polar surface area (TPSA) is 25.8 Å². The summed E-state index contributed by atoms with van der Waals surface area (Å²) in [6.45, 7) is 6.14. The summed E-state index contributed by atoms with van der Waals surface area (Å²) in [5.74, 6) is 0. The van der Waals surface area contributed by atoms with Crippen LogP contribution in [0.25, 0.3) is 0 Å². The molecule has 0 radical (unpaired) electrons. The number of aryl methyl sites for hydroxylation is 3. The highest BCUT2D eigenvalue weighted by Crippen LogP contribution is 2.02. The Kier molecular flexibility index (Phi) is 2.58. The Labute approximate surface area is 67.7 Å². The van der Waals surface area contributed by atoms with Gasteiger partial charge in [-0.25, -0.2) is 0 Å². The molecule has 1 heterocycles. The molecule has 1 aromatic rings. The van der Waals surface area contributed by atoms with Gasteiger partial charge in [0.15, 0.2) is 0 Å². The van der Waals surface area contributed by atoms with Crippen LogP contribution in [0.3, 0.4) is 0 Å². The maximum absolute atomic E-state index is 4.40. The number of aromatic nitrogens is 2. The summed E-state index contributed by atoms with van der Waals surface area (Å²) in [4.78, 5) is 8.63. The fourth-order valence-electron chi connectivity index (χ4n) is 0.967. The molecule has 1 aromatic heterocycles. The highest BCUT2D eigenvalue weighted by atomic mass is 14.8. The van der Waals surface area contributed by atoms with Gasteiger partial charge in [0, 0.05) is 6.20 Å². The van der Waals surface area contributed by atoms with Crippen LogP contribution in [0.15, 0.2) is 6.20 Å². The monoisotopic (exact) mass is 150 g/mol. The second-order valence-electron chi connectivity index (χ2n) is 2.78. The van der Waals surface area contributed by atoms with Crippen molar-refractivity contribution in [2.24, 2.45) is 0 Å². The lowest BCUT2D eigenvalue weighted by atomic mass is 10.2. The molecule has 60 valence electrons. The van der Waals surface area contributed by atoms with E-state index in [9.17, 15) is 0 Å². The molecular formula is C9H14N2. The Bertz CT molecular complexity index is 243. The first-order chi connectivity index (χ1) is 5.24. The zero-order chi connectivity index (χ0) is 8.27. The summed E-state index contributed by atoms with van der Waals surface area (Å²) >= 11 is 0. The first kappa shape index (κ1) is 8.18. The smallest absolute Gasteiger partial charge is 0.0590 e. The maximum atomic E-state index is 4.40. The minimum atomic E-state index is 1.03. The van der Waals surface area contributed by atoms with Crippen LogP contribution in [-0.2, 0) is 6.42 Å². The molecule has 0 fully saturated rings. The lowest BCUT2D eigenvalue weighted by molar-refractivity contribution is 0.851. The molecule has 0 atom stereocenters. The van der Waals surface area contributed by atoms with Crippen LogP contribution < -0.4 is 0 Å². The molecule has 0 aromatic carbocycles. The van der Waals surface area contributed by atoms with E-state index in [1.54, 1.807) is 0 Å². The average Bonchev–Trinajstić information content (AvgIpc) is 1.98. The van der Waals surface area contributed by atoms with Crippen molar-refractivity contribution >= 4 is 0 Å². The van der Waals surface area contributed by atoms with E-state index in [4.69, 9.17) is 0 Å². The number of hydrogen-bond donors (Lipinski definition) is 0. The van der Waals surface area contributed by atoms with Gasteiger partial charge in [-0.05, 0) is 20.3 Å². The minimum absolute atomic E-state index is 1.03. The normalized spacial score (nSPS) is 10.1. The Morgan fingerprint density at radius 1 is 1.27 bits per heavy atom. The van der Waals surface area contributed by atoms with E-state index in [0.717, 1.165) is 29.9 Å². The summed E-state index contributed by atoms with van der Waals surface area (Å²) in [5.41, 5.74) is 3.19. The van der Waals surface area contributed by atoms with Gasteiger partial charge in [0.2, 0.25) is 0 Å². The highest BCUT2D eigenvalue weighted by Gasteiger charge is 1.96. The van der Waals surface area contributed by atoms with E-state index in [-0.39, 0.29) is 0 Å². The maximum Gasteiger partial charge on any atom is 0.0590 e. The van der Waals surface area contributed by atoms with Crippen LogP contribution >= 0.6 is 0 Å². The summed E-state index contributed by atoms with van der Waals surface area (Å²) in [7, 11) is 0. The fourth-order valence-corrected chi connectivity index (χ4v) is 0.967. The van der Waals surface area contributed by atoms with Gasteiger partial charge >= 0.3 is 0 Å². The van der Waals surface area contributed by atoms with Crippen LogP contribution in [-0.4, -0.2) is 9.97 Å². The van der Waals surface area contributed by atoms with Gasteiger partial charge in [0.1, 0.15) is 0 Å². The molecule has 11 heavy (non-hydrogen) atoms. The summed E-state index contributed by atoms with van der Waals surface area (Å²) in [6.07, 6.45) is 4.04. The van der Waals surface area contributed by atoms with Crippen molar-refractivity contribution in [2.45, 2.75) is 33.6 Å². The second-order valence-corrected chi connectivity index (χ2v) is 2.78. The largest absolute Gasteiger partial charge is 0.258 e. The van der Waals surface area contributed by atoms with Gasteiger partial charge in [-0.15, -0.1) is 0 Å². The highest BCUT2D eigenvalue weighted by molar-refractivity contribution is 5.10. The van der Waals surface area contributed by atoms with Crippen molar-refractivity contribution in [1.29, 1.82) is 0 Å². The van der Waals surface area contributed by atoms with Crippen LogP contribution in [0.2, 0.25) is 0 Å². The first-order valence-electron chi connectivity index (χ1n) is 4.03. The van der Waals surface area contributed by atoms with Gasteiger partial charge in [0.05, 0.1) is 17.1 Å². The van der Waals surface area contributed by atoms with Crippen molar-refractivity contribution in [2.75, 3.05) is 0 Å². The average molecular weight is 150 g/mol. The Morgan fingerprint density at radius 3 is 2.55 bits per heavy atom. The summed E-state index contributed by atoms with van der Waals surface area (Å²) in [6, 6.07) is 0. The molecule has 0 aliphatic rings. The molecular weight excluding hydrogens is 136 g/mol. The lowest BCUT2D eigenvalue weighted by Gasteiger charge is -2.00.